The largest absolute Gasteiger partial charge is 0.361 e. The van der Waals surface area contributed by atoms with Crippen LogP contribution in [0.3, 0.4) is 0 Å². The zero-order valence-electron chi connectivity index (χ0n) is 24.9. The minimum Gasteiger partial charge on any atom is -0.361 e. The molecule has 11 heteroatoms. The van der Waals surface area contributed by atoms with Gasteiger partial charge in [-0.15, -0.1) is 0 Å². The molecule has 0 unspecified atom stereocenters. The van der Waals surface area contributed by atoms with E-state index in [1.54, 1.807) is 0 Å². The van der Waals surface area contributed by atoms with E-state index in [4.69, 9.17) is 19.6 Å². The Kier molecular flexibility index (Phi) is 8.78. The summed E-state index contributed by atoms with van der Waals surface area (Å²) in [6, 6.07) is 8.46. The number of hydrogen-bond donors (Lipinski definition) is 0. The number of carbonyl (C=O) groups excluding carboxylic acids is 1. The molecule has 218 valence electrons. The summed E-state index contributed by atoms with van der Waals surface area (Å²) in [7, 11) is -2.39. The molecule has 0 spiro atoms. The van der Waals surface area contributed by atoms with Crippen LogP contribution < -0.4 is 0 Å². The van der Waals surface area contributed by atoms with Gasteiger partial charge in [-0.3, -0.25) is 4.79 Å². The lowest BCUT2D eigenvalue weighted by molar-refractivity contribution is -0.138. The molecule has 1 aromatic carbocycles. The molecule has 3 heterocycles. The van der Waals surface area contributed by atoms with Gasteiger partial charge in [0.25, 0.3) is 0 Å². The first-order valence-electron chi connectivity index (χ1n) is 14.6. The Morgan fingerprint density at radius 1 is 1.00 bits per heavy atom. The van der Waals surface area contributed by atoms with Gasteiger partial charge in [-0.25, -0.2) is 9.67 Å². The van der Waals surface area contributed by atoms with Gasteiger partial charge in [-0.1, -0.05) is 61.6 Å². The quantitative estimate of drug-likeness (QED) is 0.158. The number of rotatable bonds is 12. The number of imidazole rings is 1. The smallest absolute Gasteiger partial charge is 0.226 e. The predicted octanol–water partition coefficient (Wildman–Crippen LogP) is 6.93. The van der Waals surface area contributed by atoms with Gasteiger partial charge in [0, 0.05) is 45.1 Å². The molecule has 1 fully saturated rings. The molecule has 2 aliphatic rings. The van der Waals surface area contributed by atoms with Gasteiger partial charge in [0.1, 0.15) is 19.2 Å². The van der Waals surface area contributed by atoms with Crippen LogP contribution in [0.5, 0.6) is 0 Å². The highest BCUT2D eigenvalue weighted by atomic mass is 79.9. The van der Waals surface area contributed by atoms with E-state index in [1.807, 2.05) is 15.6 Å². The summed E-state index contributed by atoms with van der Waals surface area (Å²) < 4.78 is 17.5. The Morgan fingerprint density at radius 2 is 1.68 bits per heavy atom. The second-order valence-corrected chi connectivity index (χ2v) is 25.9. The second-order valence-electron chi connectivity index (χ2n) is 13.8. The molecule has 8 nitrogen and oxygen atoms in total. The van der Waals surface area contributed by atoms with Gasteiger partial charge >= 0.3 is 0 Å². The Balaban J connectivity index is 1.45. The van der Waals surface area contributed by atoms with Crippen molar-refractivity contribution in [3.8, 4) is 11.5 Å². The van der Waals surface area contributed by atoms with Gasteiger partial charge < -0.3 is 18.9 Å². The first kappa shape index (κ1) is 29.7. The van der Waals surface area contributed by atoms with Gasteiger partial charge in [0.15, 0.2) is 5.82 Å². The van der Waals surface area contributed by atoms with Crippen molar-refractivity contribution >= 4 is 48.9 Å². The van der Waals surface area contributed by atoms with E-state index in [2.05, 4.69) is 71.9 Å². The predicted molar refractivity (Wildman–Crippen MR) is 168 cm³/mol. The molecule has 40 heavy (non-hydrogen) atoms. The summed E-state index contributed by atoms with van der Waals surface area (Å²) in [6.07, 6.45) is 3.18. The van der Waals surface area contributed by atoms with E-state index in [9.17, 15) is 4.79 Å². The minimum atomic E-state index is -1.21. The van der Waals surface area contributed by atoms with Crippen LogP contribution in [0.4, 0.5) is 0 Å². The van der Waals surface area contributed by atoms with E-state index in [-0.39, 0.29) is 11.8 Å². The standard InChI is InChI=1S/C29H44BrN5O3Si2/c1-39(2,3)14-12-37-19-34-26-18-33(29(36)21-8-7-9-21)17-24(26)31-28(34)27-23-11-10-22(30)16-25(23)35(32-27)20-38-13-15-40(4,5)6/h10-11,16,21H,7-9,12-15,17-20H2,1-6H3. The van der Waals surface area contributed by atoms with Crippen molar-refractivity contribution in [2.75, 3.05) is 13.2 Å². The SMILES string of the molecule is C[Si](C)(C)CCOCn1c(-c2nn(COCC[Si](C)(C)C)c3cc(Br)ccc23)nc2c1CN(C(=O)C1CCC1)C2. The molecule has 3 aromatic rings. The number of fused-ring (bicyclic) bond motifs is 2. The highest BCUT2D eigenvalue weighted by Crippen LogP contribution is 2.36. The highest BCUT2D eigenvalue weighted by molar-refractivity contribution is 9.10. The molecule has 1 aliphatic heterocycles. The first-order valence-corrected chi connectivity index (χ1v) is 22.8. The Bertz CT molecular complexity index is 1370. The zero-order chi connectivity index (χ0) is 28.7. The fraction of sp³-hybridized carbons (Fsp3) is 0.621. The third kappa shape index (κ3) is 6.80. The van der Waals surface area contributed by atoms with E-state index in [1.165, 1.54) is 0 Å². The molecule has 0 atom stereocenters. The van der Waals surface area contributed by atoms with E-state index < -0.39 is 16.1 Å². The zero-order valence-corrected chi connectivity index (χ0v) is 28.5. The Hall–Kier alpha value is -1.80. The van der Waals surface area contributed by atoms with E-state index >= 15 is 0 Å². The number of ether oxygens (including phenoxy) is 2. The molecule has 0 N–H and O–H groups in total. The lowest BCUT2D eigenvalue weighted by Crippen LogP contribution is -2.35. The Morgan fingerprint density at radius 3 is 2.30 bits per heavy atom. The number of carbonyl (C=O) groups is 1. The van der Waals surface area contributed by atoms with Gasteiger partial charge in [0.2, 0.25) is 5.91 Å². The van der Waals surface area contributed by atoms with Gasteiger partial charge in [-0.05, 0) is 43.1 Å². The van der Waals surface area contributed by atoms with Crippen molar-refractivity contribution in [2.45, 2.75) is 97.2 Å². The average Bonchev–Trinajstić information content (AvgIpc) is 3.48. The summed E-state index contributed by atoms with van der Waals surface area (Å²) in [5.74, 6) is 1.26. The maximum atomic E-state index is 13.1. The normalized spacial score (nSPS) is 16.1. The molecule has 0 radical (unpaired) electrons. The van der Waals surface area contributed by atoms with Crippen molar-refractivity contribution in [3.05, 3.63) is 34.1 Å². The van der Waals surface area contributed by atoms with Crippen molar-refractivity contribution in [1.29, 1.82) is 0 Å². The fourth-order valence-corrected chi connectivity index (χ4v) is 6.98. The third-order valence-corrected chi connectivity index (χ3v) is 11.9. The number of benzene rings is 1. The number of aromatic nitrogens is 4. The summed E-state index contributed by atoms with van der Waals surface area (Å²) >= 11 is 3.64. The van der Waals surface area contributed by atoms with Crippen LogP contribution in [0.2, 0.25) is 51.4 Å². The van der Waals surface area contributed by atoms with Crippen molar-refractivity contribution < 1.29 is 14.3 Å². The number of halogens is 1. The van der Waals surface area contributed by atoms with Crippen LogP contribution in [0.15, 0.2) is 22.7 Å². The molecular formula is C29H44BrN5O3Si2. The molecule has 0 saturated heterocycles. The van der Waals surface area contributed by atoms with Crippen molar-refractivity contribution in [1.82, 2.24) is 24.2 Å². The summed E-state index contributed by atoms with van der Waals surface area (Å²) in [5.41, 5.74) is 3.87. The molecule has 1 saturated carbocycles. The number of nitrogens with zero attached hydrogens (tertiary/aromatic N) is 5. The minimum absolute atomic E-state index is 0.184. The van der Waals surface area contributed by atoms with Crippen LogP contribution in [0, 0.1) is 5.92 Å². The highest BCUT2D eigenvalue weighted by Gasteiger charge is 2.36. The number of hydrogen-bond acceptors (Lipinski definition) is 5. The van der Waals surface area contributed by atoms with Crippen LogP contribution in [-0.2, 0) is 40.8 Å². The van der Waals surface area contributed by atoms with Crippen LogP contribution in [0.1, 0.15) is 30.7 Å². The Labute approximate surface area is 248 Å². The average molecular weight is 647 g/mol. The molecular weight excluding hydrogens is 602 g/mol. The van der Waals surface area contributed by atoms with E-state index in [0.29, 0.717) is 26.6 Å². The van der Waals surface area contributed by atoms with Gasteiger partial charge in [0.05, 0.1) is 30.0 Å². The third-order valence-electron chi connectivity index (χ3n) is 7.96. The number of amides is 1. The maximum Gasteiger partial charge on any atom is 0.226 e. The molecule has 5 rings (SSSR count). The van der Waals surface area contributed by atoms with E-state index in [0.717, 1.165) is 82.8 Å². The first-order chi connectivity index (χ1) is 18.9. The molecule has 2 aromatic heterocycles. The molecule has 0 bridgehead atoms. The lowest BCUT2D eigenvalue weighted by Gasteiger charge is -2.29. The fourth-order valence-electron chi connectivity index (χ4n) is 5.12. The van der Waals surface area contributed by atoms with Crippen molar-refractivity contribution in [3.63, 3.8) is 0 Å². The van der Waals surface area contributed by atoms with Gasteiger partial charge in [-0.2, -0.15) is 5.10 Å². The van der Waals surface area contributed by atoms with Crippen LogP contribution in [0.25, 0.3) is 22.4 Å². The molecule has 1 amide bonds. The second kappa shape index (κ2) is 11.8. The van der Waals surface area contributed by atoms with Crippen LogP contribution in [-0.4, -0.2) is 59.5 Å². The topological polar surface area (TPSA) is 74.4 Å². The van der Waals surface area contributed by atoms with Crippen LogP contribution >= 0.6 is 15.9 Å². The maximum absolute atomic E-state index is 13.1. The monoisotopic (exact) mass is 645 g/mol. The van der Waals surface area contributed by atoms with Crippen molar-refractivity contribution in [2.24, 2.45) is 5.92 Å². The summed E-state index contributed by atoms with van der Waals surface area (Å²) in [5, 5.41) is 6.08. The lowest BCUT2D eigenvalue weighted by atomic mass is 9.84. The summed E-state index contributed by atoms with van der Waals surface area (Å²) in [4.78, 5) is 20.1. The summed E-state index contributed by atoms with van der Waals surface area (Å²) in [6.45, 7) is 17.6. The molecule has 1 aliphatic carbocycles.